The Morgan fingerprint density at radius 2 is 1.79 bits per heavy atom. The van der Waals surface area contributed by atoms with E-state index in [-0.39, 0.29) is 37.4 Å². The van der Waals surface area contributed by atoms with Crippen LogP contribution in [0.25, 0.3) is 0 Å². The SMILES string of the molecule is CCOC(=O)C1=C(C)N(CC(=O)NC2CC2)C(=O)CC1c1cccc(Oc2ccccc2)c1. The molecule has 1 aliphatic carbocycles. The number of allylic oxidation sites excluding steroid dienone is 1. The van der Waals surface area contributed by atoms with Crippen LogP contribution in [0.3, 0.4) is 0 Å². The zero-order valence-electron chi connectivity index (χ0n) is 18.9. The molecule has 0 spiro atoms. The molecule has 2 aliphatic rings. The van der Waals surface area contributed by atoms with Crippen LogP contribution in [0.1, 0.15) is 44.6 Å². The summed E-state index contributed by atoms with van der Waals surface area (Å²) in [5.41, 5.74) is 1.63. The molecule has 2 amide bonds. The minimum absolute atomic E-state index is 0.0665. The van der Waals surface area contributed by atoms with Crippen molar-refractivity contribution in [2.75, 3.05) is 13.2 Å². The van der Waals surface area contributed by atoms with Crippen LogP contribution >= 0.6 is 0 Å². The number of ether oxygens (including phenoxy) is 2. The maximum absolute atomic E-state index is 13.1. The zero-order chi connectivity index (χ0) is 23.4. The summed E-state index contributed by atoms with van der Waals surface area (Å²) in [6, 6.07) is 17.0. The van der Waals surface area contributed by atoms with Gasteiger partial charge in [0.2, 0.25) is 11.8 Å². The van der Waals surface area contributed by atoms with Gasteiger partial charge < -0.3 is 19.7 Å². The molecule has 0 saturated heterocycles. The minimum atomic E-state index is -0.487. The summed E-state index contributed by atoms with van der Waals surface area (Å²) in [6.45, 7) is 3.56. The van der Waals surface area contributed by atoms with Gasteiger partial charge in [-0.25, -0.2) is 4.79 Å². The lowest BCUT2D eigenvalue weighted by molar-refractivity contribution is -0.141. The minimum Gasteiger partial charge on any atom is -0.463 e. The molecule has 1 atom stereocenters. The van der Waals surface area contributed by atoms with E-state index in [0.29, 0.717) is 22.8 Å². The molecule has 4 rings (SSSR count). The molecule has 1 unspecified atom stereocenters. The van der Waals surface area contributed by atoms with Gasteiger partial charge in [-0.2, -0.15) is 0 Å². The standard InChI is InChI=1S/C26H28N2O5/c1-3-32-26(31)25-17(2)28(16-23(29)27-19-12-13-19)24(30)15-22(25)18-8-7-11-21(14-18)33-20-9-5-4-6-10-20/h4-11,14,19,22H,3,12-13,15-16H2,1-2H3,(H,27,29). The lowest BCUT2D eigenvalue weighted by atomic mass is 9.83. The Labute approximate surface area is 193 Å². The number of carbonyl (C=O) groups excluding carboxylic acids is 3. The van der Waals surface area contributed by atoms with E-state index in [1.165, 1.54) is 4.90 Å². The first kappa shape index (κ1) is 22.6. The normalized spacial score (nSPS) is 18.2. The number of esters is 1. The molecule has 1 saturated carbocycles. The Morgan fingerprint density at radius 3 is 2.48 bits per heavy atom. The number of nitrogens with one attached hydrogen (secondary N) is 1. The van der Waals surface area contributed by atoms with Gasteiger partial charge in [0.1, 0.15) is 18.0 Å². The second-order valence-corrected chi connectivity index (χ2v) is 8.29. The van der Waals surface area contributed by atoms with Crippen LogP contribution in [-0.2, 0) is 19.1 Å². The number of carbonyl (C=O) groups is 3. The second kappa shape index (κ2) is 9.90. The number of para-hydroxylation sites is 1. The second-order valence-electron chi connectivity index (χ2n) is 8.29. The van der Waals surface area contributed by atoms with Gasteiger partial charge in [-0.3, -0.25) is 9.59 Å². The van der Waals surface area contributed by atoms with Crippen LogP contribution in [0.5, 0.6) is 11.5 Å². The van der Waals surface area contributed by atoms with E-state index in [4.69, 9.17) is 9.47 Å². The quantitative estimate of drug-likeness (QED) is 0.619. The van der Waals surface area contributed by atoms with Gasteiger partial charge in [0.15, 0.2) is 0 Å². The van der Waals surface area contributed by atoms with Gasteiger partial charge in [0.05, 0.1) is 12.2 Å². The molecule has 2 aromatic carbocycles. The summed E-state index contributed by atoms with van der Waals surface area (Å²) in [7, 11) is 0. The first-order valence-electron chi connectivity index (χ1n) is 11.3. The van der Waals surface area contributed by atoms with Crippen molar-refractivity contribution in [3.8, 4) is 11.5 Å². The van der Waals surface area contributed by atoms with E-state index in [2.05, 4.69) is 5.32 Å². The fraction of sp³-hybridized carbons (Fsp3) is 0.346. The molecular weight excluding hydrogens is 420 g/mol. The average molecular weight is 449 g/mol. The number of nitrogens with zero attached hydrogens (tertiary/aromatic N) is 1. The van der Waals surface area contributed by atoms with Crippen molar-refractivity contribution in [3.63, 3.8) is 0 Å². The maximum Gasteiger partial charge on any atom is 0.336 e. The zero-order valence-corrected chi connectivity index (χ0v) is 18.9. The summed E-state index contributed by atoms with van der Waals surface area (Å²) >= 11 is 0. The van der Waals surface area contributed by atoms with Gasteiger partial charge >= 0.3 is 5.97 Å². The Morgan fingerprint density at radius 1 is 1.06 bits per heavy atom. The number of amides is 2. The molecule has 2 aromatic rings. The molecule has 0 bridgehead atoms. The predicted molar refractivity (Wildman–Crippen MR) is 123 cm³/mol. The molecule has 0 radical (unpaired) electrons. The van der Waals surface area contributed by atoms with Gasteiger partial charge in [0.25, 0.3) is 0 Å². The van der Waals surface area contributed by atoms with E-state index < -0.39 is 11.9 Å². The molecule has 1 aliphatic heterocycles. The molecule has 0 aromatic heterocycles. The van der Waals surface area contributed by atoms with Crippen LogP contribution in [0, 0.1) is 0 Å². The van der Waals surface area contributed by atoms with Crippen LogP contribution in [-0.4, -0.2) is 41.9 Å². The number of rotatable bonds is 8. The van der Waals surface area contributed by atoms with Gasteiger partial charge in [-0.05, 0) is 56.5 Å². The Hall–Kier alpha value is -3.61. The fourth-order valence-corrected chi connectivity index (χ4v) is 4.03. The van der Waals surface area contributed by atoms with Crippen LogP contribution in [0.4, 0.5) is 0 Å². The first-order valence-corrected chi connectivity index (χ1v) is 11.3. The largest absolute Gasteiger partial charge is 0.463 e. The average Bonchev–Trinajstić information content (AvgIpc) is 3.61. The molecule has 172 valence electrons. The van der Waals surface area contributed by atoms with Crippen molar-refractivity contribution in [2.45, 2.75) is 45.1 Å². The molecule has 1 fully saturated rings. The third kappa shape index (κ3) is 5.42. The monoisotopic (exact) mass is 448 g/mol. The third-order valence-corrected chi connectivity index (χ3v) is 5.80. The van der Waals surface area contributed by atoms with E-state index in [0.717, 1.165) is 18.4 Å². The van der Waals surface area contributed by atoms with Gasteiger partial charge in [0, 0.05) is 24.1 Å². The number of hydrogen-bond acceptors (Lipinski definition) is 5. The molecule has 7 heteroatoms. The Kier molecular flexibility index (Phi) is 6.77. The van der Waals surface area contributed by atoms with Crippen LogP contribution in [0.2, 0.25) is 0 Å². The smallest absolute Gasteiger partial charge is 0.336 e. The van der Waals surface area contributed by atoms with E-state index in [9.17, 15) is 14.4 Å². The van der Waals surface area contributed by atoms with Crippen molar-refractivity contribution in [2.24, 2.45) is 0 Å². The summed E-state index contributed by atoms with van der Waals surface area (Å²) in [4.78, 5) is 39.8. The van der Waals surface area contributed by atoms with Crippen molar-refractivity contribution in [3.05, 3.63) is 71.4 Å². The Bertz CT molecular complexity index is 1080. The summed E-state index contributed by atoms with van der Waals surface area (Å²) in [5, 5.41) is 2.90. The van der Waals surface area contributed by atoms with Crippen molar-refractivity contribution in [1.82, 2.24) is 10.2 Å². The lowest BCUT2D eigenvalue weighted by Gasteiger charge is -2.34. The number of benzene rings is 2. The van der Waals surface area contributed by atoms with Gasteiger partial charge in [-0.15, -0.1) is 0 Å². The Balaban J connectivity index is 1.63. The van der Waals surface area contributed by atoms with Crippen molar-refractivity contribution >= 4 is 17.8 Å². The van der Waals surface area contributed by atoms with Gasteiger partial charge in [-0.1, -0.05) is 30.3 Å². The summed E-state index contributed by atoms with van der Waals surface area (Å²) < 4.78 is 11.3. The van der Waals surface area contributed by atoms with Crippen LogP contribution < -0.4 is 10.1 Å². The molecule has 33 heavy (non-hydrogen) atoms. The summed E-state index contributed by atoms with van der Waals surface area (Å²) in [6.07, 6.45) is 2.00. The fourth-order valence-electron chi connectivity index (χ4n) is 4.03. The van der Waals surface area contributed by atoms with Crippen LogP contribution in [0.15, 0.2) is 65.9 Å². The summed E-state index contributed by atoms with van der Waals surface area (Å²) in [5.74, 6) is -0.0816. The molecule has 1 heterocycles. The molecular formula is C26H28N2O5. The van der Waals surface area contributed by atoms with Crippen molar-refractivity contribution in [1.29, 1.82) is 0 Å². The maximum atomic E-state index is 13.1. The predicted octanol–water partition coefficient (Wildman–Crippen LogP) is 3.91. The highest BCUT2D eigenvalue weighted by molar-refractivity contribution is 5.97. The van der Waals surface area contributed by atoms with Crippen molar-refractivity contribution < 1.29 is 23.9 Å². The highest BCUT2D eigenvalue weighted by Crippen LogP contribution is 2.38. The molecule has 1 N–H and O–H groups in total. The first-order chi connectivity index (χ1) is 16.0. The van der Waals surface area contributed by atoms with E-state index in [1.54, 1.807) is 13.8 Å². The highest BCUT2D eigenvalue weighted by Gasteiger charge is 2.38. The van der Waals surface area contributed by atoms with E-state index in [1.807, 2.05) is 54.6 Å². The molecule has 7 nitrogen and oxygen atoms in total. The number of hydrogen-bond donors (Lipinski definition) is 1. The highest BCUT2D eigenvalue weighted by atomic mass is 16.5. The lowest BCUT2D eigenvalue weighted by Crippen LogP contribution is -2.44. The van der Waals surface area contributed by atoms with E-state index >= 15 is 0 Å². The third-order valence-electron chi connectivity index (χ3n) is 5.80. The topological polar surface area (TPSA) is 84.9 Å².